The number of carbonyl (C=O) groups is 3. The molecule has 2 aliphatic heterocycles. The molecule has 0 aromatic heterocycles. The van der Waals surface area contributed by atoms with Gasteiger partial charge in [0, 0.05) is 33.3 Å². The fraction of sp³-hybridized carbons (Fsp3) is 0.147. The van der Waals surface area contributed by atoms with Gasteiger partial charge in [0.2, 0.25) is 0 Å². The Kier molecular flexibility index (Phi) is 5.55. The van der Waals surface area contributed by atoms with Crippen LogP contribution in [0.1, 0.15) is 48.1 Å². The van der Waals surface area contributed by atoms with Gasteiger partial charge < -0.3 is 9.64 Å². The number of Topliss-reactive ketones (excluding diaryl/α,β-unsaturated/α-hetero) is 3. The smallest absolute Gasteiger partial charge is 0.185 e. The number of para-hydroxylation sites is 1. The van der Waals surface area contributed by atoms with Crippen LogP contribution in [-0.4, -0.2) is 36.5 Å². The zero-order valence-corrected chi connectivity index (χ0v) is 22.3. The SMILES string of the molecule is COc1cccc([C@@H]2[C@@H](C(=O)c3ccc(Cl)cc3)N3c4ccccc4C=CC3C23C(=O)c2ccccc2C3=O)c1. The molecule has 0 bridgehead atoms. The van der Waals surface area contributed by atoms with E-state index in [-0.39, 0.29) is 17.3 Å². The first-order valence-corrected chi connectivity index (χ1v) is 13.5. The lowest BCUT2D eigenvalue weighted by Crippen LogP contribution is -2.48. The fourth-order valence-corrected chi connectivity index (χ4v) is 7.04. The molecule has 1 aliphatic carbocycles. The van der Waals surface area contributed by atoms with Crippen LogP contribution in [0.5, 0.6) is 5.75 Å². The molecule has 0 amide bonds. The number of hydrogen-bond donors (Lipinski definition) is 0. The number of rotatable bonds is 4. The molecule has 1 fully saturated rings. The van der Waals surface area contributed by atoms with E-state index >= 15 is 0 Å². The van der Waals surface area contributed by atoms with Gasteiger partial charge >= 0.3 is 0 Å². The number of ketones is 3. The largest absolute Gasteiger partial charge is 0.497 e. The van der Waals surface area contributed by atoms with Crippen molar-refractivity contribution in [1.82, 2.24) is 0 Å². The lowest BCUT2D eigenvalue weighted by Gasteiger charge is -2.37. The maximum atomic E-state index is 14.6. The lowest BCUT2D eigenvalue weighted by atomic mass is 9.64. The highest BCUT2D eigenvalue weighted by molar-refractivity contribution is 6.32. The van der Waals surface area contributed by atoms with Gasteiger partial charge in [-0.15, -0.1) is 0 Å². The normalized spacial score (nSPS) is 21.8. The second kappa shape index (κ2) is 9.04. The first-order chi connectivity index (χ1) is 19.5. The molecule has 3 aliphatic rings. The van der Waals surface area contributed by atoms with Gasteiger partial charge in [0.1, 0.15) is 17.2 Å². The number of fused-ring (bicyclic) bond motifs is 5. The quantitative estimate of drug-likeness (QED) is 0.212. The van der Waals surface area contributed by atoms with E-state index in [0.29, 0.717) is 33.0 Å². The van der Waals surface area contributed by atoms with Crippen molar-refractivity contribution in [3.8, 4) is 5.75 Å². The number of carbonyl (C=O) groups excluding carboxylic acids is 3. The van der Waals surface area contributed by atoms with Crippen molar-refractivity contribution in [1.29, 1.82) is 0 Å². The van der Waals surface area contributed by atoms with Gasteiger partial charge in [-0.05, 0) is 53.6 Å². The average molecular weight is 546 g/mol. The molecule has 0 radical (unpaired) electrons. The Morgan fingerprint density at radius 1 is 0.850 bits per heavy atom. The molecule has 2 heterocycles. The van der Waals surface area contributed by atoms with E-state index in [1.54, 1.807) is 55.6 Å². The third-order valence-corrected chi connectivity index (χ3v) is 8.82. The molecule has 40 heavy (non-hydrogen) atoms. The van der Waals surface area contributed by atoms with E-state index in [0.717, 1.165) is 11.3 Å². The molecule has 4 aromatic rings. The van der Waals surface area contributed by atoms with Crippen molar-refractivity contribution in [2.24, 2.45) is 5.41 Å². The summed E-state index contributed by atoms with van der Waals surface area (Å²) < 4.78 is 5.55. The molecule has 196 valence electrons. The summed E-state index contributed by atoms with van der Waals surface area (Å²) in [6.45, 7) is 0. The van der Waals surface area contributed by atoms with Gasteiger partial charge in [-0.2, -0.15) is 0 Å². The summed E-state index contributed by atoms with van der Waals surface area (Å²) in [7, 11) is 1.57. The molecule has 1 unspecified atom stereocenters. The monoisotopic (exact) mass is 545 g/mol. The molecule has 1 saturated heterocycles. The van der Waals surface area contributed by atoms with Crippen molar-refractivity contribution < 1.29 is 19.1 Å². The molecule has 3 atom stereocenters. The second-order valence-electron chi connectivity index (χ2n) is 10.4. The lowest BCUT2D eigenvalue weighted by molar-refractivity contribution is 0.0665. The molecule has 0 N–H and O–H groups in total. The van der Waals surface area contributed by atoms with Crippen LogP contribution in [0.3, 0.4) is 0 Å². The summed E-state index contributed by atoms with van der Waals surface area (Å²) in [5, 5.41) is 0.518. The Morgan fingerprint density at radius 3 is 2.23 bits per heavy atom. The standard InChI is InChI=1S/C34H24ClNO4/c1-40-24-9-6-8-22(19-24)29-30(31(37)21-13-16-23(35)17-14-21)36-27-12-5-2-7-20(27)15-18-28(36)34(29)32(38)25-10-3-4-11-26(25)33(34)39/h2-19,28-30H,1H3/t28?,29-,30+/m1/s1. The summed E-state index contributed by atoms with van der Waals surface area (Å²) in [6.07, 6.45) is 3.88. The molecule has 0 saturated carbocycles. The van der Waals surface area contributed by atoms with Gasteiger partial charge in [0.05, 0.1) is 13.2 Å². The van der Waals surface area contributed by atoms with Gasteiger partial charge in [0.15, 0.2) is 17.3 Å². The van der Waals surface area contributed by atoms with Crippen LogP contribution in [0.15, 0.2) is 103 Å². The number of ether oxygens (including phenoxy) is 1. The zero-order chi connectivity index (χ0) is 27.6. The highest BCUT2D eigenvalue weighted by Crippen LogP contribution is 2.61. The van der Waals surface area contributed by atoms with Gasteiger partial charge in [-0.25, -0.2) is 0 Å². The van der Waals surface area contributed by atoms with E-state index < -0.39 is 23.4 Å². The summed E-state index contributed by atoms with van der Waals surface area (Å²) in [5.74, 6) is -0.911. The minimum Gasteiger partial charge on any atom is -0.497 e. The maximum Gasteiger partial charge on any atom is 0.185 e. The van der Waals surface area contributed by atoms with Crippen molar-refractivity contribution >= 4 is 40.7 Å². The second-order valence-corrected chi connectivity index (χ2v) is 10.8. The predicted molar refractivity (Wildman–Crippen MR) is 155 cm³/mol. The van der Waals surface area contributed by atoms with Crippen molar-refractivity contribution in [2.45, 2.75) is 18.0 Å². The van der Waals surface area contributed by atoms with Gasteiger partial charge in [-0.3, -0.25) is 14.4 Å². The van der Waals surface area contributed by atoms with Crippen LogP contribution in [-0.2, 0) is 0 Å². The Bertz CT molecular complexity index is 1710. The molecule has 4 aromatic carbocycles. The minimum atomic E-state index is -1.55. The summed E-state index contributed by atoms with van der Waals surface area (Å²) in [6, 6.07) is 27.4. The van der Waals surface area contributed by atoms with Crippen molar-refractivity contribution in [2.75, 3.05) is 12.0 Å². The number of halogens is 1. The molecule has 1 spiro atoms. The van der Waals surface area contributed by atoms with Crippen molar-refractivity contribution in [3.05, 3.63) is 136 Å². The number of nitrogens with zero attached hydrogens (tertiary/aromatic N) is 1. The van der Waals surface area contributed by atoms with Crippen LogP contribution < -0.4 is 9.64 Å². The molecular formula is C34H24ClNO4. The summed E-state index contributed by atoms with van der Waals surface area (Å²) >= 11 is 6.17. The summed E-state index contributed by atoms with van der Waals surface area (Å²) in [4.78, 5) is 45.9. The predicted octanol–water partition coefficient (Wildman–Crippen LogP) is 6.66. The third-order valence-electron chi connectivity index (χ3n) is 8.56. The van der Waals surface area contributed by atoms with Crippen LogP contribution in [0, 0.1) is 5.41 Å². The number of hydrogen-bond acceptors (Lipinski definition) is 5. The summed E-state index contributed by atoms with van der Waals surface area (Å²) in [5.41, 5.74) is 2.13. The Labute approximate surface area is 236 Å². The Morgan fingerprint density at radius 2 is 1.52 bits per heavy atom. The first kappa shape index (κ1) is 24.6. The topological polar surface area (TPSA) is 63.7 Å². The first-order valence-electron chi connectivity index (χ1n) is 13.1. The maximum absolute atomic E-state index is 14.6. The fourth-order valence-electron chi connectivity index (χ4n) is 6.91. The Hall–Kier alpha value is -4.48. The Balaban J connectivity index is 1.55. The number of methoxy groups -OCH3 is 1. The zero-order valence-electron chi connectivity index (χ0n) is 21.6. The molecule has 5 nitrogen and oxygen atoms in total. The highest BCUT2D eigenvalue weighted by Gasteiger charge is 2.71. The molecular weight excluding hydrogens is 522 g/mol. The van der Waals surface area contributed by atoms with E-state index in [1.165, 1.54) is 0 Å². The third kappa shape index (κ3) is 3.24. The van der Waals surface area contributed by atoms with Crippen LogP contribution in [0.2, 0.25) is 5.02 Å². The highest BCUT2D eigenvalue weighted by atomic mass is 35.5. The van der Waals surface area contributed by atoms with E-state index in [4.69, 9.17) is 16.3 Å². The van der Waals surface area contributed by atoms with Crippen LogP contribution in [0.4, 0.5) is 5.69 Å². The molecule has 6 heteroatoms. The van der Waals surface area contributed by atoms with Crippen LogP contribution in [0.25, 0.3) is 6.08 Å². The van der Waals surface area contributed by atoms with Crippen LogP contribution >= 0.6 is 11.6 Å². The average Bonchev–Trinajstić information content (AvgIpc) is 3.43. The molecule has 7 rings (SSSR count). The van der Waals surface area contributed by atoms with Gasteiger partial charge in [-0.1, -0.05) is 78.4 Å². The van der Waals surface area contributed by atoms with E-state index in [1.807, 2.05) is 65.6 Å². The minimum absolute atomic E-state index is 0.187. The van der Waals surface area contributed by atoms with E-state index in [2.05, 4.69) is 0 Å². The number of benzene rings is 4. The van der Waals surface area contributed by atoms with Crippen molar-refractivity contribution in [3.63, 3.8) is 0 Å². The number of anilines is 1. The van der Waals surface area contributed by atoms with E-state index in [9.17, 15) is 14.4 Å². The van der Waals surface area contributed by atoms with Gasteiger partial charge in [0.25, 0.3) is 0 Å².